The Labute approximate surface area is 184 Å². The maximum Gasteiger partial charge on any atom is 0.223 e. The van der Waals surface area contributed by atoms with E-state index in [1.165, 1.54) is 0 Å². The van der Waals surface area contributed by atoms with E-state index in [9.17, 15) is 30.8 Å². The molecule has 1 heterocycles. The lowest BCUT2D eigenvalue weighted by atomic mass is 9.86. The molecule has 2 aromatic rings. The van der Waals surface area contributed by atoms with E-state index in [1.807, 2.05) is 0 Å². The van der Waals surface area contributed by atoms with Gasteiger partial charge in [0.15, 0.2) is 21.5 Å². The van der Waals surface area contributed by atoms with Crippen LogP contribution < -0.4 is 5.73 Å². The highest BCUT2D eigenvalue weighted by molar-refractivity contribution is 7.91. The van der Waals surface area contributed by atoms with E-state index in [1.54, 1.807) is 4.90 Å². The van der Waals surface area contributed by atoms with Gasteiger partial charge in [-0.05, 0) is 61.1 Å². The van der Waals surface area contributed by atoms with Crippen LogP contribution >= 0.6 is 0 Å². The number of benzene rings is 2. The van der Waals surface area contributed by atoms with Crippen molar-refractivity contribution in [1.82, 2.24) is 4.90 Å². The van der Waals surface area contributed by atoms with Gasteiger partial charge < -0.3 is 10.6 Å². The first kappa shape index (κ1) is 24.2. The highest BCUT2D eigenvalue weighted by Crippen LogP contribution is 2.24. The number of sulfone groups is 1. The largest absolute Gasteiger partial charge is 0.343 e. The average molecular weight is 473 g/mol. The van der Waals surface area contributed by atoms with Crippen molar-refractivity contribution in [1.29, 1.82) is 0 Å². The first-order chi connectivity index (χ1) is 15.1. The van der Waals surface area contributed by atoms with Crippen molar-refractivity contribution in [2.45, 2.75) is 36.6 Å². The van der Waals surface area contributed by atoms with Crippen LogP contribution in [0.15, 0.2) is 41.3 Å². The molecule has 1 unspecified atom stereocenters. The smallest absolute Gasteiger partial charge is 0.223 e. The summed E-state index contributed by atoms with van der Waals surface area (Å²) in [6.45, 7) is 0.738. The molecule has 1 atom stereocenters. The minimum Gasteiger partial charge on any atom is -0.343 e. The molecule has 32 heavy (non-hydrogen) atoms. The van der Waals surface area contributed by atoms with E-state index < -0.39 is 39.1 Å². The molecule has 1 aliphatic heterocycles. The third kappa shape index (κ3) is 5.86. The number of nitrogens with zero attached hydrogens (tertiary/aromatic N) is 1. The molecule has 0 bridgehead atoms. The molecule has 0 saturated carbocycles. The molecule has 1 fully saturated rings. The zero-order chi connectivity index (χ0) is 23.5. The second kappa shape index (κ2) is 9.99. The predicted molar refractivity (Wildman–Crippen MR) is 110 cm³/mol. The molecule has 1 saturated heterocycles. The van der Waals surface area contributed by atoms with Gasteiger partial charge in [-0.15, -0.1) is 0 Å². The summed E-state index contributed by atoms with van der Waals surface area (Å²) in [6, 6.07) is 5.24. The Morgan fingerprint density at radius 3 is 2.22 bits per heavy atom. The molecule has 0 aliphatic carbocycles. The van der Waals surface area contributed by atoms with Crippen LogP contribution in [-0.4, -0.2) is 44.1 Å². The fourth-order valence-corrected chi connectivity index (χ4v) is 5.09. The van der Waals surface area contributed by atoms with E-state index >= 15 is 0 Å². The lowest BCUT2D eigenvalue weighted by Crippen LogP contribution is -2.44. The fraction of sp³-hybridized carbons (Fsp3) is 0.409. The molecule has 0 aromatic heterocycles. The van der Waals surface area contributed by atoms with E-state index in [0.717, 1.165) is 30.3 Å². The van der Waals surface area contributed by atoms with Crippen molar-refractivity contribution in [3.8, 4) is 0 Å². The van der Waals surface area contributed by atoms with Gasteiger partial charge in [0.2, 0.25) is 5.91 Å². The minimum absolute atomic E-state index is 0.000839. The number of rotatable bonds is 7. The molecule has 0 spiro atoms. The van der Waals surface area contributed by atoms with Crippen LogP contribution in [-0.2, 0) is 21.1 Å². The number of piperidine rings is 1. The zero-order valence-corrected chi connectivity index (χ0v) is 18.1. The van der Waals surface area contributed by atoms with Gasteiger partial charge in [-0.3, -0.25) is 4.79 Å². The van der Waals surface area contributed by atoms with Crippen molar-refractivity contribution in [2.24, 2.45) is 11.7 Å². The topological polar surface area (TPSA) is 80.5 Å². The number of amides is 1. The first-order valence-electron chi connectivity index (χ1n) is 10.2. The Kier molecular flexibility index (Phi) is 7.55. The van der Waals surface area contributed by atoms with Gasteiger partial charge in [0.05, 0.1) is 10.6 Å². The van der Waals surface area contributed by atoms with E-state index in [4.69, 9.17) is 5.73 Å². The van der Waals surface area contributed by atoms with Crippen molar-refractivity contribution in [3.63, 3.8) is 0 Å². The van der Waals surface area contributed by atoms with Crippen LogP contribution in [0.4, 0.5) is 17.6 Å². The summed E-state index contributed by atoms with van der Waals surface area (Å²) >= 11 is 0. The Balaban J connectivity index is 1.50. The van der Waals surface area contributed by atoms with E-state index in [-0.39, 0.29) is 40.9 Å². The lowest BCUT2D eigenvalue weighted by Gasteiger charge is -2.35. The third-order valence-corrected chi connectivity index (χ3v) is 7.53. The summed E-state index contributed by atoms with van der Waals surface area (Å²) in [4.78, 5) is 14.0. The molecule has 0 radical (unpaired) electrons. The Bertz CT molecular complexity index is 1070. The maximum absolute atomic E-state index is 13.9. The van der Waals surface area contributed by atoms with Crippen molar-refractivity contribution < 1.29 is 30.8 Å². The van der Waals surface area contributed by atoms with Gasteiger partial charge in [-0.1, -0.05) is 0 Å². The molecule has 1 amide bonds. The monoisotopic (exact) mass is 472 g/mol. The van der Waals surface area contributed by atoms with Crippen LogP contribution in [0.1, 0.15) is 24.8 Å². The van der Waals surface area contributed by atoms with Gasteiger partial charge in [0.1, 0.15) is 11.6 Å². The normalized spacial score (nSPS) is 16.2. The molecule has 10 heteroatoms. The number of carbonyl (C=O) groups is 1. The second-order valence-electron chi connectivity index (χ2n) is 7.97. The quantitative estimate of drug-likeness (QED) is 0.381. The Hall–Kier alpha value is -2.46. The SMILES string of the molecule is NC(Cc1cc(F)c(F)cc1F)C1CCN(C(=O)CCS(=O)(=O)c2ccc(F)cc2)CC1. The number of carbonyl (C=O) groups excluding carboxylic acids is 1. The summed E-state index contributed by atoms with van der Waals surface area (Å²) in [6.07, 6.45) is 0.903. The van der Waals surface area contributed by atoms with Crippen LogP contribution in [0.5, 0.6) is 0 Å². The average Bonchev–Trinajstić information content (AvgIpc) is 2.76. The lowest BCUT2D eigenvalue weighted by molar-refractivity contribution is -0.132. The zero-order valence-electron chi connectivity index (χ0n) is 17.2. The second-order valence-corrected chi connectivity index (χ2v) is 10.1. The third-order valence-electron chi connectivity index (χ3n) is 5.80. The molecule has 1 aliphatic rings. The van der Waals surface area contributed by atoms with Crippen LogP contribution in [0.2, 0.25) is 0 Å². The number of hydrogen-bond donors (Lipinski definition) is 1. The molecule has 2 N–H and O–H groups in total. The standard InChI is InChI=1S/C22H24F4N2O3S/c23-16-1-3-17(4-2-16)32(30,31)10-7-22(29)28-8-5-14(6-9-28)21(27)12-15-11-19(25)20(26)13-18(15)24/h1-4,11,13-14,21H,5-10,12,27H2. The van der Waals surface area contributed by atoms with E-state index in [0.29, 0.717) is 32.0 Å². The molecule has 2 aromatic carbocycles. The number of hydrogen-bond acceptors (Lipinski definition) is 4. The maximum atomic E-state index is 13.9. The van der Waals surface area contributed by atoms with Crippen LogP contribution in [0.3, 0.4) is 0 Å². The Morgan fingerprint density at radius 1 is 1.00 bits per heavy atom. The number of nitrogens with two attached hydrogens (primary N) is 1. The fourth-order valence-electron chi connectivity index (χ4n) is 3.86. The van der Waals surface area contributed by atoms with Crippen LogP contribution in [0.25, 0.3) is 0 Å². The van der Waals surface area contributed by atoms with Gasteiger partial charge in [0.25, 0.3) is 0 Å². The summed E-state index contributed by atoms with van der Waals surface area (Å²) < 4.78 is 78.0. The van der Waals surface area contributed by atoms with Crippen molar-refractivity contribution in [2.75, 3.05) is 18.8 Å². The molecule has 174 valence electrons. The summed E-state index contributed by atoms with van der Waals surface area (Å²) in [5, 5.41) is 0. The number of likely N-dealkylation sites (tertiary alicyclic amines) is 1. The minimum atomic E-state index is -3.71. The summed E-state index contributed by atoms with van der Waals surface area (Å²) in [5.74, 6) is -4.53. The van der Waals surface area contributed by atoms with Crippen molar-refractivity contribution >= 4 is 15.7 Å². The summed E-state index contributed by atoms with van der Waals surface area (Å²) in [5.41, 5.74) is 6.16. The number of halogens is 4. The van der Waals surface area contributed by atoms with Crippen LogP contribution in [0, 0.1) is 29.2 Å². The Morgan fingerprint density at radius 2 is 1.59 bits per heavy atom. The van der Waals surface area contributed by atoms with Gasteiger partial charge in [-0.25, -0.2) is 26.0 Å². The van der Waals surface area contributed by atoms with Crippen molar-refractivity contribution in [3.05, 3.63) is 65.2 Å². The highest BCUT2D eigenvalue weighted by Gasteiger charge is 2.28. The molecular formula is C22H24F4N2O3S. The van der Waals surface area contributed by atoms with Gasteiger partial charge >= 0.3 is 0 Å². The predicted octanol–water partition coefficient (Wildman–Crippen LogP) is 3.22. The molecule has 3 rings (SSSR count). The first-order valence-corrected chi connectivity index (χ1v) is 11.9. The molecule has 5 nitrogen and oxygen atoms in total. The molecular weight excluding hydrogens is 448 g/mol. The van der Waals surface area contributed by atoms with E-state index in [2.05, 4.69) is 0 Å². The summed E-state index contributed by atoms with van der Waals surface area (Å²) in [7, 11) is -3.71. The highest BCUT2D eigenvalue weighted by atomic mass is 32.2. The van der Waals surface area contributed by atoms with Gasteiger partial charge in [0, 0.05) is 31.6 Å². The van der Waals surface area contributed by atoms with Gasteiger partial charge in [-0.2, -0.15) is 0 Å².